The molecule has 1 heterocycles. The van der Waals surface area contributed by atoms with Gasteiger partial charge in [0.05, 0.1) is 19.8 Å². The van der Waals surface area contributed by atoms with Gasteiger partial charge >= 0.3 is 0 Å². The summed E-state index contributed by atoms with van der Waals surface area (Å²) in [6.07, 6.45) is 0. The Morgan fingerprint density at radius 3 is 3.08 bits per heavy atom. The molecule has 2 unspecified atom stereocenters. The van der Waals surface area contributed by atoms with Crippen molar-refractivity contribution in [2.45, 2.75) is 19.0 Å². The lowest BCUT2D eigenvalue weighted by Gasteiger charge is -2.38. The lowest BCUT2D eigenvalue weighted by atomic mass is 10.2. The van der Waals surface area contributed by atoms with Crippen molar-refractivity contribution in [2.24, 2.45) is 0 Å². The van der Waals surface area contributed by atoms with E-state index < -0.39 is 0 Å². The van der Waals surface area contributed by atoms with Crippen molar-refractivity contribution in [2.75, 3.05) is 38.8 Å². The van der Waals surface area contributed by atoms with Crippen LogP contribution in [0.25, 0.3) is 0 Å². The summed E-state index contributed by atoms with van der Waals surface area (Å²) in [7, 11) is 1.75. The van der Waals surface area contributed by atoms with Crippen LogP contribution in [-0.2, 0) is 9.47 Å². The van der Waals surface area contributed by atoms with Gasteiger partial charge < -0.3 is 9.47 Å². The SMILES string of the molecule is COCC(C)N1CCOCC1CBr. The average molecular weight is 252 g/mol. The molecule has 13 heavy (non-hydrogen) atoms. The highest BCUT2D eigenvalue weighted by Crippen LogP contribution is 2.13. The van der Waals surface area contributed by atoms with E-state index in [0.29, 0.717) is 12.1 Å². The molecular formula is C9H18BrNO2. The first kappa shape index (κ1) is 11.4. The Balaban J connectivity index is 2.43. The summed E-state index contributed by atoms with van der Waals surface area (Å²) in [6.45, 7) is 5.69. The normalized spacial score (nSPS) is 27.5. The molecule has 0 aromatic rings. The van der Waals surface area contributed by atoms with Crippen molar-refractivity contribution >= 4 is 15.9 Å². The van der Waals surface area contributed by atoms with Gasteiger partial charge in [-0.25, -0.2) is 0 Å². The largest absolute Gasteiger partial charge is 0.383 e. The van der Waals surface area contributed by atoms with Crippen LogP contribution in [-0.4, -0.2) is 55.8 Å². The van der Waals surface area contributed by atoms with E-state index in [2.05, 4.69) is 27.8 Å². The quantitative estimate of drug-likeness (QED) is 0.700. The van der Waals surface area contributed by atoms with Gasteiger partial charge in [0.25, 0.3) is 0 Å². The zero-order valence-corrected chi connectivity index (χ0v) is 9.92. The molecule has 0 bridgehead atoms. The number of hydrogen-bond donors (Lipinski definition) is 0. The second-order valence-corrected chi connectivity index (χ2v) is 4.07. The van der Waals surface area contributed by atoms with Crippen molar-refractivity contribution < 1.29 is 9.47 Å². The highest BCUT2D eigenvalue weighted by molar-refractivity contribution is 9.09. The van der Waals surface area contributed by atoms with Gasteiger partial charge in [-0.15, -0.1) is 0 Å². The third kappa shape index (κ3) is 3.20. The van der Waals surface area contributed by atoms with Crippen LogP contribution in [0, 0.1) is 0 Å². The minimum atomic E-state index is 0.483. The molecule has 0 spiro atoms. The molecule has 0 saturated carbocycles. The number of nitrogens with zero attached hydrogens (tertiary/aromatic N) is 1. The molecular weight excluding hydrogens is 234 g/mol. The molecule has 0 amide bonds. The third-order valence-corrected chi connectivity index (χ3v) is 3.17. The van der Waals surface area contributed by atoms with Gasteiger partial charge in [-0.1, -0.05) is 15.9 Å². The number of methoxy groups -OCH3 is 1. The Hall–Kier alpha value is 0.360. The van der Waals surface area contributed by atoms with Gasteiger partial charge in [-0.2, -0.15) is 0 Å². The molecule has 1 aliphatic rings. The Kier molecular flexibility index (Phi) is 5.24. The van der Waals surface area contributed by atoms with Crippen LogP contribution < -0.4 is 0 Å². The predicted octanol–water partition coefficient (Wildman–Crippen LogP) is 1.12. The maximum atomic E-state index is 5.42. The molecule has 1 aliphatic heterocycles. The molecule has 2 atom stereocenters. The van der Waals surface area contributed by atoms with E-state index in [4.69, 9.17) is 9.47 Å². The Labute approximate surface area is 88.5 Å². The van der Waals surface area contributed by atoms with Crippen LogP contribution in [0.1, 0.15) is 6.92 Å². The smallest absolute Gasteiger partial charge is 0.0630 e. The van der Waals surface area contributed by atoms with Crippen molar-refractivity contribution in [3.63, 3.8) is 0 Å². The standard InChI is InChI=1S/C9H18BrNO2/c1-8(6-12-2)11-3-4-13-7-9(11)5-10/h8-9H,3-7H2,1-2H3. The van der Waals surface area contributed by atoms with Gasteiger partial charge in [0.1, 0.15) is 0 Å². The van der Waals surface area contributed by atoms with Crippen LogP contribution in [0.5, 0.6) is 0 Å². The zero-order valence-electron chi connectivity index (χ0n) is 8.33. The number of morpholine rings is 1. The van der Waals surface area contributed by atoms with Crippen LogP contribution in [0.4, 0.5) is 0 Å². The fourth-order valence-electron chi connectivity index (χ4n) is 1.72. The second-order valence-electron chi connectivity index (χ2n) is 3.43. The van der Waals surface area contributed by atoms with Gasteiger partial charge in [-0.05, 0) is 6.92 Å². The number of ether oxygens (including phenoxy) is 2. The zero-order chi connectivity index (χ0) is 9.68. The average Bonchev–Trinajstić information content (AvgIpc) is 2.18. The Bertz CT molecular complexity index is 146. The maximum Gasteiger partial charge on any atom is 0.0630 e. The molecule has 1 rings (SSSR count). The fraction of sp³-hybridized carbons (Fsp3) is 1.00. The summed E-state index contributed by atoms with van der Waals surface area (Å²) in [5.74, 6) is 0. The number of hydrogen-bond acceptors (Lipinski definition) is 3. The third-order valence-electron chi connectivity index (χ3n) is 2.43. The molecule has 0 N–H and O–H groups in total. The molecule has 0 aromatic carbocycles. The summed E-state index contributed by atoms with van der Waals surface area (Å²) in [6, 6.07) is 0.982. The van der Waals surface area contributed by atoms with Crippen molar-refractivity contribution in [1.29, 1.82) is 0 Å². The first-order valence-electron chi connectivity index (χ1n) is 4.68. The van der Waals surface area contributed by atoms with Crippen molar-refractivity contribution in [1.82, 2.24) is 4.90 Å². The lowest BCUT2D eigenvalue weighted by molar-refractivity contribution is -0.0311. The summed E-state index contributed by atoms with van der Waals surface area (Å²) >= 11 is 3.51. The first-order valence-corrected chi connectivity index (χ1v) is 5.80. The van der Waals surface area contributed by atoms with Crippen molar-refractivity contribution in [3.05, 3.63) is 0 Å². The highest BCUT2D eigenvalue weighted by Gasteiger charge is 2.25. The molecule has 4 heteroatoms. The van der Waals surface area contributed by atoms with E-state index in [0.717, 1.165) is 31.7 Å². The molecule has 1 fully saturated rings. The Morgan fingerprint density at radius 2 is 2.46 bits per heavy atom. The fourth-order valence-corrected chi connectivity index (χ4v) is 2.28. The topological polar surface area (TPSA) is 21.7 Å². The van der Waals surface area contributed by atoms with Crippen LogP contribution in [0.2, 0.25) is 0 Å². The van der Waals surface area contributed by atoms with E-state index in [9.17, 15) is 0 Å². The predicted molar refractivity (Wildman–Crippen MR) is 56.4 cm³/mol. The first-order chi connectivity index (χ1) is 6.29. The number of rotatable bonds is 4. The molecule has 0 aromatic heterocycles. The highest BCUT2D eigenvalue weighted by atomic mass is 79.9. The minimum absolute atomic E-state index is 0.483. The minimum Gasteiger partial charge on any atom is -0.383 e. The van der Waals surface area contributed by atoms with Crippen LogP contribution in [0.15, 0.2) is 0 Å². The van der Waals surface area contributed by atoms with E-state index >= 15 is 0 Å². The van der Waals surface area contributed by atoms with Gasteiger partial charge in [0.2, 0.25) is 0 Å². The molecule has 3 nitrogen and oxygen atoms in total. The molecule has 0 radical (unpaired) electrons. The molecule has 0 aliphatic carbocycles. The monoisotopic (exact) mass is 251 g/mol. The lowest BCUT2D eigenvalue weighted by Crippen LogP contribution is -2.51. The van der Waals surface area contributed by atoms with E-state index in [1.54, 1.807) is 7.11 Å². The summed E-state index contributed by atoms with van der Waals surface area (Å²) in [4.78, 5) is 2.45. The number of alkyl halides is 1. The van der Waals surface area contributed by atoms with Crippen molar-refractivity contribution in [3.8, 4) is 0 Å². The maximum absolute atomic E-state index is 5.42. The van der Waals surface area contributed by atoms with Gasteiger partial charge in [0.15, 0.2) is 0 Å². The van der Waals surface area contributed by atoms with Crippen LogP contribution in [0.3, 0.4) is 0 Å². The number of halogens is 1. The van der Waals surface area contributed by atoms with E-state index in [1.165, 1.54) is 0 Å². The summed E-state index contributed by atoms with van der Waals surface area (Å²) in [5, 5.41) is 0.973. The Morgan fingerprint density at radius 1 is 1.69 bits per heavy atom. The van der Waals surface area contributed by atoms with E-state index in [-0.39, 0.29) is 0 Å². The molecule has 78 valence electrons. The molecule has 1 saturated heterocycles. The summed E-state index contributed by atoms with van der Waals surface area (Å²) in [5.41, 5.74) is 0. The summed E-state index contributed by atoms with van der Waals surface area (Å²) < 4.78 is 10.6. The van der Waals surface area contributed by atoms with Crippen LogP contribution >= 0.6 is 15.9 Å². The van der Waals surface area contributed by atoms with E-state index in [1.807, 2.05) is 0 Å². The van der Waals surface area contributed by atoms with Gasteiger partial charge in [-0.3, -0.25) is 4.90 Å². The van der Waals surface area contributed by atoms with Gasteiger partial charge in [0, 0.05) is 31.1 Å². The second kappa shape index (κ2) is 5.96.